The molecule has 0 aliphatic rings. The van der Waals surface area contributed by atoms with E-state index in [1.807, 2.05) is 24.3 Å². The van der Waals surface area contributed by atoms with E-state index in [0.29, 0.717) is 6.54 Å². The van der Waals surface area contributed by atoms with Crippen molar-refractivity contribution in [2.75, 3.05) is 13.7 Å². The molecule has 0 saturated heterocycles. The Morgan fingerprint density at radius 3 is 2.86 bits per heavy atom. The molecule has 0 unspecified atom stereocenters. The van der Waals surface area contributed by atoms with Crippen molar-refractivity contribution in [3.05, 3.63) is 58.1 Å². The van der Waals surface area contributed by atoms with Crippen LogP contribution in [0.3, 0.4) is 0 Å². The first kappa shape index (κ1) is 16.4. The Morgan fingerprint density at radius 1 is 1.27 bits per heavy atom. The lowest BCUT2D eigenvalue weighted by Gasteiger charge is -2.08. The predicted octanol–water partition coefficient (Wildman–Crippen LogP) is 3.06. The predicted molar refractivity (Wildman–Crippen MR) is 89.2 cm³/mol. The van der Waals surface area contributed by atoms with Crippen molar-refractivity contribution < 1.29 is 14.6 Å². The molecule has 22 heavy (non-hydrogen) atoms. The number of rotatable bonds is 6. The van der Waals surface area contributed by atoms with Gasteiger partial charge in [0.05, 0.1) is 13.5 Å². The topological polar surface area (TPSA) is 58.6 Å². The molecule has 0 radical (unpaired) electrons. The van der Waals surface area contributed by atoms with E-state index in [2.05, 4.69) is 21.2 Å². The average Bonchev–Trinajstić information content (AvgIpc) is 2.51. The SMILES string of the molecule is COc1cccc(CCNC(=O)Cc2cc(O)ccc2Br)c1. The summed E-state index contributed by atoms with van der Waals surface area (Å²) >= 11 is 3.37. The molecule has 116 valence electrons. The highest BCUT2D eigenvalue weighted by Gasteiger charge is 2.07. The molecule has 0 atom stereocenters. The maximum absolute atomic E-state index is 12.0. The van der Waals surface area contributed by atoms with Crippen LogP contribution in [0.15, 0.2) is 46.9 Å². The Labute approximate surface area is 138 Å². The number of nitrogens with one attached hydrogen (secondary N) is 1. The smallest absolute Gasteiger partial charge is 0.224 e. The largest absolute Gasteiger partial charge is 0.508 e. The molecule has 0 aliphatic carbocycles. The van der Waals surface area contributed by atoms with Gasteiger partial charge in [-0.15, -0.1) is 0 Å². The van der Waals surface area contributed by atoms with Crippen LogP contribution in [0.1, 0.15) is 11.1 Å². The first-order chi connectivity index (χ1) is 10.6. The number of phenolic OH excluding ortho intramolecular Hbond substituents is 1. The van der Waals surface area contributed by atoms with Gasteiger partial charge < -0.3 is 15.2 Å². The maximum Gasteiger partial charge on any atom is 0.224 e. The highest BCUT2D eigenvalue weighted by atomic mass is 79.9. The standard InChI is InChI=1S/C17H18BrNO3/c1-22-15-4-2-3-12(9-15)7-8-19-17(21)11-13-10-14(20)5-6-16(13)18/h2-6,9-10,20H,7-8,11H2,1H3,(H,19,21). The number of benzene rings is 2. The zero-order valence-corrected chi connectivity index (χ0v) is 13.9. The number of ether oxygens (including phenoxy) is 1. The van der Waals surface area contributed by atoms with E-state index in [1.165, 1.54) is 0 Å². The molecular formula is C17H18BrNO3. The third kappa shape index (κ3) is 4.77. The summed E-state index contributed by atoms with van der Waals surface area (Å²) < 4.78 is 5.98. The van der Waals surface area contributed by atoms with Crippen molar-refractivity contribution in [3.63, 3.8) is 0 Å². The van der Waals surface area contributed by atoms with Crippen molar-refractivity contribution >= 4 is 21.8 Å². The molecule has 2 aromatic carbocycles. The summed E-state index contributed by atoms with van der Waals surface area (Å²) in [7, 11) is 1.63. The van der Waals surface area contributed by atoms with Crippen LogP contribution in [0.4, 0.5) is 0 Å². The lowest BCUT2D eigenvalue weighted by atomic mass is 10.1. The molecule has 2 N–H and O–H groups in total. The lowest BCUT2D eigenvalue weighted by Crippen LogP contribution is -2.27. The Morgan fingerprint density at radius 2 is 2.09 bits per heavy atom. The van der Waals surface area contributed by atoms with Gasteiger partial charge >= 0.3 is 0 Å². The maximum atomic E-state index is 12.0. The third-order valence-corrected chi connectivity index (χ3v) is 4.02. The van der Waals surface area contributed by atoms with Crippen LogP contribution >= 0.6 is 15.9 Å². The normalized spacial score (nSPS) is 10.3. The van der Waals surface area contributed by atoms with Crippen LogP contribution in [0.2, 0.25) is 0 Å². The number of hydrogen-bond acceptors (Lipinski definition) is 3. The van der Waals surface area contributed by atoms with Gasteiger partial charge in [-0.3, -0.25) is 4.79 Å². The van der Waals surface area contributed by atoms with Gasteiger partial charge in [0.15, 0.2) is 0 Å². The minimum atomic E-state index is -0.0748. The van der Waals surface area contributed by atoms with E-state index >= 15 is 0 Å². The summed E-state index contributed by atoms with van der Waals surface area (Å²) in [5.41, 5.74) is 1.87. The average molecular weight is 364 g/mol. The van der Waals surface area contributed by atoms with Gasteiger partial charge in [0.25, 0.3) is 0 Å². The van der Waals surface area contributed by atoms with E-state index in [1.54, 1.807) is 25.3 Å². The van der Waals surface area contributed by atoms with Crippen molar-refractivity contribution in [2.24, 2.45) is 0 Å². The molecule has 2 rings (SSSR count). The number of amides is 1. The van der Waals surface area contributed by atoms with Crippen LogP contribution < -0.4 is 10.1 Å². The van der Waals surface area contributed by atoms with Crippen LogP contribution in [0.25, 0.3) is 0 Å². The number of carbonyl (C=O) groups is 1. The van der Waals surface area contributed by atoms with Gasteiger partial charge in [0.2, 0.25) is 5.91 Å². The molecule has 0 fully saturated rings. The van der Waals surface area contributed by atoms with E-state index in [0.717, 1.165) is 27.8 Å². The molecule has 0 aliphatic heterocycles. The van der Waals surface area contributed by atoms with Crippen LogP contribution in [0.5, 0.6) is 11.5 Å². The van der Waals surface area contributed by atoms with Crippen molar-refractivity contribution in [1.29, 1.82) is 0 Å². The van der Waals surface area contributed by atoms with Gasteiger partial charge in [0.1, 0.15) is 11.5 Å². The van der Waals surface area contributed by atoms with Crippen molar-refractivity contribution in [2.45, 2.75) is 12.8 Å². The summed E-state index contributed by atoms with van der Waals surface area (Å²) in [6.07, 6.45) is 0.969. The molecular weight excluding hydrogens is 346 g/mol. The molecule has 1 amide bonds. The minimum Gasteiger partial charge on any atom is -0.508 e. The van der Waals surface area contributed by atoms with Gasteiger partial charge in [0, 0.05) is 11.0 Å². The molecule has 0 heterocycles. The molecule has 4 nitrogen and oxygen atoms in total. The number of aromatic hydroxyl groups is 1. The van der Waals surface area contributed by atoms with Crippen LogP contribution in [-0.4, -0.2) is 24.7 Å². The molecule has 0 aromatic heterocycles. The van der Waals surface area contributed by atoms with E-state index < -0.39 is 0 Å². The summed E-state index contributed by atoms with van der Waals surface area (Å²) in [4.78, 5) is 12.0. The van der Waals surface area contributed by atoms with Gasteiger partial charge in [-0.25, -0.2) is 0 Å². The second-order valence-electron chi connectivity index (χ2n) is 4.90. The number of halogens is 1. The van der Waals surface area contributed by atoms with Crippen LogP contribution in [-0.2, 0) is 17.6 Å². The highest BCUT2D eigenvalue weighted by Crippen LogP contribution is 2.22. The molecule has 5 heteroatoms. The quantitative estimate of drug-likeness (QED) is 0.828. The number of hydrogen-bond donors (Lipinski definition) is 2. The van der Waals surface area contributed by atoms with E-state index in [-0.39, 0.29) is 18.1 Å². The second-order valence-corrected chi connectivity index (χ2v) is 5.76. The van der Waals surface area contributed by atoms with Gasteiger partial charge in [-0.2, -0.15) is 0 Å². The summed E-state index contributed by atoms with van der Waals surface area (Å²) in [5, 5.41) is 12.3. The Bertz CT molecular complexity index is 658. The first-order valence-corrected chi connectivity index (χ1v) is 7.75. The lowest BCUT2D eigenvalue weighted by molar-refractivity contribution is -0.120. The summed E-state index contributed by atoms with van der Waals surface area (Å²) in [5.74, 6) is 0.893. The Kier molecular flexibility index (Phi) is 5.83. The zero-order valence-electron chi connectivity index (χ0n) is 12.3. The number of carbonyl (C=O) groups excluding carboxylic acids is 1. The van der Waals surface area contributed by atoms with Gasteiger partial charge in [-0.05, 0) is 47.9 Å². The van der Waals surface area contributed by atoms with E-state index in [4.69, 9.17) is 4.74 Å². The molecule has 2 aromatic rings. The third-order valence-electron chi connectivity index (χ3n) is 3.25. The number of methoxy groups -OCH3 is 1. The summed E-state index contributed by atoms with van der Waals surface area (Å²) in [6, 6.07) is 12.7. The molecule has 0 spiro atoms. The number of phenols is 1. The fourth-order valence-electron chi connectivity index (χ4n) is 2.11. The highest BCUT2D eigenvalue weighted by molar-refractivity contribution is 9.10. The zero-order chi connectivity index (χ0) is 15.9. The minimum absolute atomic E-state index is 0.0748. The van der Waals surface area contributed by atoms with Crippen molar-refractivity contribution in [3.8, 4) is 11.5 Å². The molecule has 0 saturated carbocycles. The van der Waals surface area contributed by atoms with Crippen molar-refractivity contribution in [1.82, 2.24) is 5.32 Å². The molecule has 0 bridgehead atoms. The van der Waals surface area contributed by atoms with Gasteiger partial charge in [-0.1, -0.05) is 28.1 Å². The fraction of sp³-hybridized carbons (Fsp3) is 0.235. The first-order valence-electron chi connectivity index (χ1n) is 6.95. The fourth-order valence-corrected chi connectivity index (χ4v) is 2.49. The second kappa shape index (κ2) is 7.84. The Hall–Kier alpha value is -2.01. The summed E-state index contributed by atoms with van der Waals surface area (Å²) in [6.45, 7) is 0.558. The van der Waals surface area contributed by atoms with Crippen LogP contribution in [0, 0.1) is 0 Å². The van der Waals surface area contributed by atoms with E-state index in [9.17, 15) is 9.90 Å². The Balaban J connectivity index is 1.84. The monoisotopic (exact) mass is 363 g/mol.